The first-order valence-electron chi connectivity index (χ1n) is 9.74. The number of rotatable bonds is 3. The summed E-state index contributed by atoms with van der Waals surface area (Å²) >= 11 is 3.68. The van der Waals surface area contributed by atoms with E-state index in [1.54, 1.807) is 0 Å². The highest BCUT2D eigenvalue weighted by Crippen LogP contribution is 2.66. The molecule has 2 saturated carbocycles. The summed E-state index contributed by atoms with van der Waals surface area (Å²) in [5, 5.41) is 31.4. The van der Waals surface area contributed by atoms with E-state index in [4.69, 9.17) is 0 Å². The van der Waals surface area contributed by atoms with Crippen LogP contribution >= 0.6 is 15.9 Å². The molecule has 3 aliphatic rings. The molecule has 0 spiro atoms. The molecular formula is C22H29BrO3. The Hall–Kier alpha value is -0.840. The van der Waals surface area contributed by atoms with Gasteiger partial charge >= 0.3 is 0 Å². The molecule has 3 N–H and O–H groups in total. The molecule has 1 aromatic carbocycles. The number of hydrogen-bond donors (Lipinski definition) is 3. The lowest BCUT2D eigenvalue weighted by atomic mass is 9.55. The van der Waals surface area contributed by atoms with Crippen LogP contribution < -0.4 is 0 Å². The molecule has 3 aliphatic carbocycles. The third kappa shape index (κ3) is 2.38. The van der Waals surface area contributed by atoms with E-state index in [9.17, 15) is 15.3 Å². The first-order chi connectivity index (χ1) is 12.4. The number of aliphatic hydroxyl groups excluding tert-OH is 2. The summed E-state index contributed by atoms with van der Waals surface area (Å²) in [6, 6.07) is 5.84. The summed E-state index contributed by atoms with van der Waals surface area (Å²) < 4.78 is 0. The standard InChI is InChI=1S/C22H29BrO3/c1-3-19(23)22(12-24)11-18-17-6-4-13-10-14(25)5-7-15(13)16(17)8-9-21(18,2)20(22)26/h3,5,7,10,16-20,24-26H,1,4,6,8-9,11-12H2,2H3/t16-,17-,18+,19-,20-,21+,22-/m1/s1. The van der Waals surface area contributed by atoms with Gasteiger partial charge in [0.05, 0.1) is 12.7 Å². The Labute approximate surface area is 164 Å². The summed E-state index contributed by atoms with van der Waals surface area (Å²) in [4.78, 5) is -0.0938. The minimum atomic E-state index is -0.550. The predicted octanol–water partition coefficient (Wildman–Crippen LogP) is 4.15. The van der Waals surface area contributed by atoms with Crippen molar-refractivity contribution in [2.75, 3.05) is 6.61 Å². The Morgan fingerprint density at radius 1 is 1.38 bits per heavy atom. The fourth-order valence-corrected chi connectivity index (χ4v) is 7.14. The molecule has 1 aromatic rings. The number of halogens is 1. The van der Waals surface area contributed by atoms with Gasteiger partial charge in [0.15, 0.2) is 0 Å². The average molecular weight is 421 g/mol. The van der Waals surface area contributed by atoms with Crippen LogP contribution in [0.25, 0.3) is 0 Å². The first-order valence-corrected chi connectivity index (χ1v) is 10.7. The van der Waals surface area contributed by atoms with Gasteiger partial charge in [-0.15, -0.1) is 6.58 Å². The van der Waals surface area contributed by atoms with Gasteiger partial charge in [0.1, 0.15) is 5.75 Å². The van der Waals surface area contributed by atoms with E-state index in [0.29, 0.717) is 23.5 Å². The van der Waals surface area contributed by atoms with Crippen LogP contribution in [-0.2, 0) is 6.42 Å². The molecule has 0 unspecified atom stereocenters. The van der Waals surface area contributed by atoms with Crippen LogP contribution in [0.4, 0.5) is 0 Å². The van der Waals surface area contributed by atoms with E-state index in [2.05, 4.69) is 35.5 Å². The van der Waals surface area contributed by atoms with Crippen molar-refractivity contribution in [3.8, 4) is 5.75 Å². The van der Waals surface area contributed by atoms with E-state index in [1.165, 1.54) is 11.1 Å². The fourth-order valence-electron chi connectivity index (χ4n) is 6.55. The Balaban J connectivity index is 1.72. The molecule has 0 saturated heterocycles. The first kappa shape index (κ1) is 18.5. The second-order valence-electron chi connectivity index (χ2n) is 8.98. The van der Waals surface area contributed by atoms with E-state index in [-0.39, 0.29) is 16.8 Å². The number of benzene rings is 1. The van der Waals surface area contributed by atoms with Gasteiger partial charge in [0, 0.05) is 10.2 Å². The SMILES string of the molecule is C=C[C@@H](Br)[C@]1(CO)C[C@H]2[C@@H]3CCc4cc(O)ccc4[C@H]3CC[C@]2(C)[C@H]1O. The van der Waals surface area contributed by atoms with Crippen molar-refractivity contribution in [3.63, 3.8) is 0 Å². The number of aromatic hydroxyl groups is 1. The van der Waals surface area contributed by atoms with Crippen LogP contribution in [0.5, 0.6) is 5.75 Å². The van der Waals surface area contributed by atoms with Gasteiger partial charge in [-0.3, -0.25) is 0 Å². The number of aliphatic hydroxyl groups is 2. The van der Waals surface area contributed by atoms with Gasteiger partial charge in [0.25, 0.3) is 0 Å². The topological polar surface area (TPSA) is 60.7 Å². The highest BCUT2D eigenvalue weighted by molar-refractivity contribution is 9.09. The molecule has 142 valence electrons. The van der Waals surface area contributed by atoms with Crippen LogP contribution in [0.1, 0.15) is 49.7 Å². The molecular weight excluding hydrogens is 392 g/mol. The highest BCUT2D eigenvalue weighted by atomic mass is 79.9. The maximum Gasteiger partial charge on any atom is 0.115 e. The van der Waals surface area contributed by atoms with E-state index in [0.717, 1.165) is 32.1 Å². The van der Waals surface area contributed by atoms with Crippen molar-refractivity contribution in [2.24, 2.45) is 22.7 Å². The summed E-state index contributed by atoms with van der Waals surface area (Å²) in [7, 11) is 0. The molecule has 7 atom stereocenters. The van der Waals surface area contributed by atoms with Crippen LogP contribution in [0.3, 0.4) is 0 Å². The zero-order chi connectivity index (χ0) is 18.7. The maximum absolute atomic E-state index is 11.3. The third-order valence-corrected chi connectivity index (χ3v) is 9.25. The molecule has 3 nitrogen and oxygen atoms in total. The zero-order valence-electron chi connectivity index (χ0n) is 15.4. The van der Waals surface area contributed by atoms with Crippen molar-refractivity contribution in [3.05, 3.63) is 42.0 Å². The number of alkyl halides is 1. The summed E-state index contributed by atoms with van der Waals surface area (Å²) in [6.45, 7) is 6.10. The number of hydrogen-bond acceptors (Lipinski definition) is 3. The molecule has 0 aliphatic heterocycles. The molecule has 2 fully saturated rings. The van der Waals surface area contributed by atoms with Gasteiger partial charge in [-0.05, 0) is 78.5 Å². The van der Waals surface area contributed by atoms with Crippen LogP contribution in [0.15, 0.2) is 30.9 Å². The van der Waals surface area contributed by atoms with Crippen molar-refractivity contribution < 1.29 is 15.3 Å². The smallest absolute Gasteiger partial charge is 0.115 e. The minimum Gasteiger partial charge on any atom is -0.508 e. The summed E-state index contributed by atoms with van der Waals surface area (Å²) in [5.74, 6) is 1.77. The van der Waals surface area contributed by atoms with Crippen LogP contribution in [-0.4, -0.2) is 32.9 Å². The second-order valence-corrected chi connectivity index (χ2v) is 9.97. The molecule has 26 heavy (non-hydrogen) atoms. The number of phenolic OH excluding ortho intramolecular Hbond substituents is 1. The van der Waals surface area contributed by atoms with Crippen LogP contribution in [0.2, 0.25) is 0 Å². The molecule has 0 bridgehead atoms. The van der Waals surface area contributed by atoms with E-state index >= 15 is 0 Å². The summed E-state index contributed by atoms with van der Waals surface area (Å²) in [6.07, 6.45) is 6.23. The lowest BCUT2D eigenvalue weighted by molar-refractivity contribution is -0.0650. The average Bonchev–Trinajstić information content (AvgIpc) is 2.89. The van der Waals surface area contributed by atoms with E-state index < -0.39 is 11.5 Å². The van der Waals surface area contributed by atoms with Crippen molar-refractivity contribution in [1.29, 1.82) is 0 Å². The van der Waals surface area contributed by atoms with E-state index in [1.807, 2.05) is 18.2 Å². The Kier molecular flexibility index (Phi) is 4.53. The van der Waals surface area contributed by atoms with Gasteiger partial charge in [0.2, 0.25) is 0 Å². The van der Waals surface area contributed by atoms with Gasteiger partial charge in [-0.25, -0.2) is 0 Å². The number of phenols is 1. The lowest BCUT2D eigenvalue weighted by Crippen LogP contribution is -2.48. The van der Waals surface area contributed by atoms with Gasteiger partial charge < -0.3 is 15.3 Å². The Morgan fingerprint density at radius 2 is 2.15 bits per heavy atom. The molecule has 0 heterocycles. The highest BCUT2D eigenvalue weighted by Gasteiger charge is 2.64. The maximum atomic E-state index is 11.3. The lowest BCUT2D eigenvalue weighted by Gasteiger charge is -2.50. The van der Waals surface area contributed by atoms with Gasteiger partial charge in [-0.2, -0.15) is 0 Å². The Morgan fingerprint density at radius 3 is 2.85 bits per heavy atom. The fraction of sp³-hybridized carbons (Fsp3) is 0.636. The molecule has 0 radical (unpaired) electrons. The van der Waals surface area contributed by atoms with Crippen molar-refractivity contribution in [1.82, 2.24) is 0 Å². The number of allylic oxidation sites excluding steroid dienone is 1. The summed E-state index contributed by atoms with van der Waals surface area (Å²) in [5.41, 5.74) is 1.96. The molecule has 4 rings (SSSR count). The zero-order valence-corrected chi connectivity index (χ0v) is 17.0. The van der Waals surface area contributed by atoms with Gasteiger partial charge in [-0.1, -0.05) is 35.0 Å². The predicted molar refractivity (Wildman–Crippen MR) is 107 cm³/mol. The molecule has 4 heteroatoms. The quantitative estimate of drug-likeness (QED) is 0.508. The number of fused-ring (bicyclic) bond motifs is 5. The Bertz CT molecular complexity index is 719. The molecule has 0 aromatic heterocycles. The normalized spacial score (nSPS) is 42.5. The monoisotopic (exact) mass is 420 g/mol. The van der Waals surface area contributed by atoms with Crippen molar-refractivity contribution >= 4 is 15.9 Å². The largest absolute Gasteiger partial charge is 0.508 e. The van der Waals surface area contributed by atoms with Crippen LogP contribution in [0, 0.1) is 22.7 Å². The number of aryl methyl sites for hydroxylation is 1. The molecule has 0 amide bonds. The third-order valence-electron chi connectivity index (χ3n) is 7.97. The van der Waals surface area contributed by atoms with Crippen molar-refractivity contribution in [2.45, 2.75) is 55.9 Å². The second kappa shape index (κ2) is 6.35. The minimum absolute atomic E-state index is 0.0238.